The minimum Gasteiger partial charge on any atom is -0.508 e. The molecule has 3 saturated heterocycles. The van der Waals surface area contributed by atoms with Crippen molar-refractivity contribution >= 4 is 29.1 Å². The maximum absolute atomic E-state index is 15.5. The highest BCUT2D eigenvalue weighted by molar-refractivity contribution is 6.05. The van der Waals surface area contributed by atoms with E-state index in [0.29, 0.717) is 36.9 Å². The van der Waals surface area contributed by atoms with Crippen molar-refractivity contribution < 1.29 is 28.6 Å². The zero-order chi connectivity index (χ0) is 37.6. The van der Waals surface area contributed by atoms with E-state index < -0.39 is 17.8 Å². The number of anilines is 2. The summed E-state index contributed by atoms with van der Waals surface area (Å²) in [7, 11) is 0. The molecule has 3 amide bonds. The van der Waals surface area contributed by atoms with Crippen LogP contribution < -0.4 is 19.9 Å². The summed E-state index contributed by atoms with van der Waals surface area (Å²) in [6.45, 7) is 6.93. The molecule has 4 aromatic rings. The summed E-state index contributed by atoms with van der Waals surface area (Å²) < 4.78 is 21.6. The number of piperidine rings is 2. The maximum atomic E-state index is 15.5. The van der Waals surface area contributed by atoms with Crippen LogP contribution in [-0.4, -0.2) is 91.1 Å². The number of benzene rings is 4. The number of nitrogens with one attached hydrogen (secondary N) is 1. The second-order valence-electron chi connectivity index (χ2n) is 15.7. The highest BCUT2D eigenvalue weighted by atomic mass is 19.1. The summed E-state index contributed by atoms with van der Waals surface area (Å²) in [5.41, 5.74) is 6.35. The normalized spacial score (nSPS) is 23.3. The summed E-state index contributed by atoms with van der Waals surface area (Å²) in [5.74, 6) is 0.274. The molecule has 9 rings (SSSR count). The lowest BCUT2D eigenvalue weighted by Crippen LogP contribution is -2.52. The van der Waals surface area contributed by atoms with Crippen molar-refractivity contribution in [3.8, 4) is 11.5 Å². The quantitative estimate of drug-likeness (QED) is 0.235. The first-order chi connectivity index (χ1) is 26.8. The summed E-state index contributed by atoms with van der Waals surface area (Å²) in [6.07, 6.45) is 2.70. The van der Waals surface area contributed by atoms with Crippen molar-refractivity contribution in [1.29, 1.82) is 0 Å². The number of nitrogens with zero attached hydrogens (tertiary/aromatic N) is 4. The third-order valence-corrected chi connectivity index (χ3v) is 12.4. The number of phenolic OH excluding ortho intramolecular Hbond substituents is 1. The Kier molecular flexibility index (Phi) is 9.41. The molecule has 4 aromatic carbocycles. The topological polar surface area (TPSA) is 106 Å². The molecule has 0 spiro atoms. The lowest BCUT2D eigenvalue weighted by molar-refractivity contribution is -0.136. The number of halogens is 1. The van der Waals surface area contributed by atoms with Crippen molar-refractivity contribution in [1.82, 2.24) is 15.1 Å². The summed E-state index contributed by atoms with van der Waals surface area (Å²) in [5, 5.41) is 12.5. The van der Waals surface area contributed by atoms with E-state index in [1.807, 2.05) is 12.1 Å². The van der Waals surface area contributed by atoms with Gasteiger partial charge in [-0.2, -0.15) is 0 Å². The number of amides is 3. The minimum absolute atomic E-state index is 0.116. The number of fused-ring (bicyclic) bond motifs is 2. The molecule has 3 fully saturated rings. The highest BCUT2D eigenvalue weighted by Crippen LogP contribution is 2.47. The van der Waals surface area contributed by atoms with Crippen LogP contribution in [0.4, 0.5) is 15.8 Å². The Labute approximate surface area is 320 Å². The Hall–Kier alpha value is -5.42. The summed E-state index contributed by atoms with van der Waals surface area (Å²) >= 11 is 0. The van der Waals surface area contributed by atoms with Gasteiger partial charge in [0.15, 0.2) is 0 Å². The number of ether oxygens (including phenoxy) is 1. The van der Waals surface area contributed by atoms with Gasteiger partial charge in [0.1, 0.15) is 23.4 Å². The third-order valence-electron chi connectivity index (χ3n) is 12.4. The molecule has 0 aromatic heterocycles. The molecule has 0 aliphatic carbocycles. The molecular formula is C44H46FN5O5. The molecule has 11 heteroatoms. The first-order valence-corrected chi connectivity index (χ1v) is 19.6. The maximum Gasteiger partial charge on any atom is 0.255 e. The highest BCUT2D eigenvalue weighted by Gasteiger charge is 2.40. The van der Waals surface area contributed by atoms with Crippen molar-refractivity contribution in [2.24, 2.45) is 5.92 Å². The van der Waals surface area contributed by atoms with Crippen molar-refractivity contribution in [2.45, 2.75) is 50.1 Å². The molecule has 0 radical (unpaired) electrons. The first-order valence-electron chi connectivity index (χ1n) is 19.6. The van der Waals surface area contributed by atoms with Gasteiger partial charge in [0.2, 0.25) is 11.8 Å². The van der Waals surface area contributed by atoms with E-state index in [1.165, 1.54) is 27.8 Å². The van der Waals surface area contributed by atoms with Gasteiger partial charge < -0.3 is 24.5 Å². The number of carbonyl (C=O) groups excluding carboxylic acids is 3. The molecule has 0 saturated carbocycles. The average Bonchev–Trinajstić information content (AvgIpc) is 3.52. The van der Waals surface area contributed by atoms with Gasteiger partial charge in [0.25, 0.3) is 5.91 Å². The number of carbonyl (C=O) groups is 3. The molecule has 0 unspecified atom stereocenters. The number of hydrogen-bond donors (Lipinski definition) is 2. The van der Waals surface area contributed by atoms with Crippen molar-refractivity contribution in [3.05, 3.63) is 119 Å². The average molecular weight is 744 g/mol. The molecule has 3 atom stereocenters. The van der Waals surface area contributed by atoms with Gasteiger partial charge in [0.05, 0.1) is 12.3 Å². The van der Waals surface area contributed by atoms with E-state index in [-0.39, 0.29) is 48.8 Å². The van der Waals surface area contributed by atoms with Gasteiger partial charge in [-0.25, -0.2) is 4.39 Å². The Balaban J connectivity index is 0.790. The summed E-state index contributed by atoms with van der Waals surface area (Å²) in [6, 6.07) is 27.4. The van der Waals surface area contributed by atoms with Gasteiger partial charge in [-0.1, -0.05) is 48.5 Å². The smallest absolute Gasteiger partial charge is 0.255 e. The number of phenols is 1. The second kappa shape index (κ2) is 14.7. The Morgan fingerprint density at radius 2 is 1.56 bits per heavy atom. The van der Waals surface area contributed by atoms with Crippen LogP contribution in [0, 0.1) is 11.7 Å². The zero-order valence-electron chi connectivity index (χ0n) is 30.8. The molecule has 2 N–H and O–H groups in total. The minimum atomic E-state index is -0.716. The van der Waals surface area contributed by atoms with Gasteiger partial charge in [-0.05, 0) is 72.2 Å². The van der Waals surface area contributed by atoms with Crippen LogP contribution in [0.2, 0.25) is 0 Å². The molecule has 284 valence electrons. The van der Waals surface area contributed by atoms with E-state index in [9.17, 15) is 19.5 Å². The lowest BCUT2D eigenvalue weighted by Gasteiger charge is -2.40. The SMILES string of the molecule is O=C1CC[C@H](N2Cc3cc(N4CCN(CC5CCN(c6ccc([C@H]7c8ccc(O)cc8OC[C@H]7c7ccccc7)cc6)CC5)CC4)c(F)cc3C2=O)C(=O)N1. The van der Waals surface area contributed by atoms with Crippen molar-refractivity contribution in [2.75, 3.05) is 62.2 Å². The van der Waals surface area contributed by atoms with Crippen LogP contribution in [0.25, 0.3) is 0 Å². The van der Waals surface area contributed by atoms with E-state index in [0.717, 1.165) is 62.4 Å². The van der Waals surface area contributed by atoms with E-state index in [4.69, 9.17) is 4.74 Å². The van der Waals surface area contributed by atoms with E-state index in [1.54, 1.807) is 18.2 Å². The van der Waals surface area contributed by atoms with Crippen molar-refractivity contribution in [3.63, 3.8) is 0 Å². The molecular weight excluding hydrogens is 698 g/mol. The van der Waals surface area contributed by atoms with Crippen LogP contribution >= 0.6 is 0 Å². The van der Waals surface area contributed by atoms with E-state index in [2.05, 4.69) is 68.5 Å². The van der Waals surface area contributed by atoms with Crippen LogP contribution in [0.3, 0.4) is 0 Å². The first kappa shape index (κ1) is 35.3. The van der Waals surface area contributed by atoms with E-state index >= 15 is 4.39 Å². The number of piperazine rings is 1. The molecule has 5 aliphatic heterocycles. The fourth-order valence-corrected chi connectivity index (χ4v) is 9.42. The van der Waals surface area contributed by atoms with Crippen LogP contribution in [-0.2, 0) is 16.1 Å². The zero-order valence-corrected chi connectivity index (χ0v) is 30.8. The third kappa shape index (κ3) is 6.90. The van der Waals surface area contributed by atoms with Gasteiger partial charge in [0, 0.05) is 93.5 Å². The number of imide groups is 1. The fraction of sp³-hybridized carbons (Fsp3) is 0.386. The monoisotopic (exact) mass is 743 g/mol. The fourth-order valence-electron chi connectivity index (χ4n) is 9.42. The number of hydrogen-bond acceptors (Lipinski definition) is 8. The molecule has 0 bridgehead atoms. The number of aromatic hydroxyl groups is 1. The van der Waals surface area contributed by atoms with Crippen LogP contribution in [0.15, 0.2) is 84.9 Å². The molecule has 5 aliphatic rings. The Morgan fingerprint density at radius 3 is 2.31 bits per heavy atom. The van der Waals surface area contributed by atoms with Gasteiger partial charge in [-0.3, -0.25) is 24.6 Å². The number of rotatable bonds is 7. The second-order valence-corrected chi connectivity index (χ2v) is 15.7. The molecule has 10 nitrogen and oxygen atoms in total. The largest absolute Gasteiger partial charge is 0.508 e. The lowest BCUT2D eigenvalue weighted by atomic mass is 9.76. The van der Waals surface area contributed by atoms with Crippen LogP contribution in [0.5, 0.6) is 11.5 Å². The van der Waals surface area contributed by atoms with Crippen LogP contribution in [0.1, 0.15) is 70.1 Å². The summed E-state index contributed by atoms with van der Waals surface area (Å²) in [4.78, 5) is 45.7. The predicted octanol–water partition coefficient (Wildman–Crippen LogP) is 5.64. The molecule has 5 heterocycles. The van der Waals surface area contributed by atoms with Gasteiger partial charge >= 0.3 is 0 Å². The Bertz CT molecular complexity index is 2100. The standard InChI is InChI=1S/C44H46FN5O5/c45-37-24-35-31(26-50(44(35)54)38-12-13-41(52)46-43(38)53)22-39(37)49-20-18-47(19-21-49)25-28-14-16-48(17-15-28)32-8-6-30(7-9-32)42-34-11-10-33(51)23-40(34)55-27-36(42)29-4-2-1-3-5-29/h1-11,22-24,28,36,38,42,51H,12-21,25-27H2,(H,46,52,53)/t36-,38-,42-/m0/s1. The Morgan fingerprint density at radius 1 is 0.800 bits per heavy atom. The van der Waals surface area contributed by atoms with Gasteiger partial charge in [-0.15, -0.1) is 0 Å². The molecule has 55 heavy (non-hydrogen) atoms. The predicted molar refractivity (Wildman–Crippen MR) is 207 cm³/mol.